The second-order valence-corrected chi connectivity index (χ2v) is 6.56. The van der Waals surface area contributed by atoms with Gasteiger partial charge in [-0.1, -0.05) is 104 Å². The topological polar surface area (TPSA) is 29.5 Å². The summed E-state index contributed by atoms with van der Waals surface area (Å²) in [5.41, 5.74) is 0. The number of rotatable bonds is 18. The van der Waals surface area contributed by atoms with Crippen LogP contribution in [0.1, 0.15) is 117 Å². The Kier molecular flexibility index (Phi) is 29.3. The van der Waals surface area contributed by atoms with Crippen molar-refractivity contribution >= 4 is 0 Å². The molecule has 0 radical (unpaired) electrons. The first-order valence-electron chi connectivity index (χ1n) is 10.4. The predicted molar refractivity (Wildman–Crippen MR) is 104 cm³/mol. The highest BCUT2D eigenvalue weighted by molar-refractivity contribution is 4.47. The van der Waals surface area contributed by atoms with Gasteiger partial charge in [0.2, 0.25) is 0 Å². The Hall–Kier alpha value is -0.0800. The molecule has 0 aliphatic heterocycles. The van der Waals surface area contributed by atoms with E-state index < -0.39 is 0 Å². The number of hydrogen-bond acceptors (Lipinski definition) is 2. The van der Waals surface area contributed by atoms with E-state index in [9.17, 15) is 0 Å². The van der Waals surface area contributed by atoms with Crippen molar-refractivity contribution in [1.29, 1.82) is 0 Å². The van der Waals surface area contributed by atoms with E-state index in [0.717, 1.165) is 20.3 Å². The van der Waals surface area contributed by atoms with Gasteiger partial charge in [0.25, 0.3) is 0 Å². The van der Waals surface area contributed by atoms with Crippen LogP contribution in [-0.4, -0.2) is 25.4 Å². The molecular formula is C21H46O2. The molecule has 0 aliphatic rings. The lowest BCUT2D eigenvalue weighted by molar-refractivity contribution is 0.125. The van der Waals surface area contributed by atoms with Crippen molar-refractivity contribution in [3.05, 3.63) is 0 Å². The molecular weight excluding hydrogens is 284 g/mol. The number of aliphatic hydroxyl groups excluding tert-OH is 1. The molecule has 142 valence electrons. The van der Waals surface area contributed by atoms with Crippen molar-refractivity contribution in [3.8, 4) is 0 Å². The Bertz CT molecular complexity index is 153. The fourth-order valence-corrected chi connectivity index (χ4v) is 2.78. The Balaban J connectivity index is 0. The van der Waals surface area contributed by atoms with E-state index in [-0.39, 0.29) is 0 Å². The largest absolute Gasteiger partial charge is 0.400 e. The molecule has 0 bridgehead atoms. The van der Waals surface area contributed by atoms with E-state index >= 15 is 0 Å². The number of hydrogen-bond donors (Lipinski definition) is 1. The van der Waals surface area contributed by atoms with E-state index in [1.54, 1.807) is 0 Å². The van der Waals surface area contributed by atoms with Crippen LogP contribution in [0, 0.1) is 0 Å². The molecule has 0 rings (SSSR count). The maximum absolute atomic E-state index is 7.00. The van der Waals surface area contributed by atoms with E-state index in [1.807, 2.05) is 0 Å². The lowest BCUT2D eigenvalue weighted by Crippen LogP contribution is -1.97. The Labute approximate surface area is 147 Å². The Morgan fingerprint density at radius 2 is 0.696 bits per heavy atom. The third-order valence-electron chi connectivity index (χ3n) is 4.28. The third-order valence-corrected chi connectivity index (χ3v) is 4.28. The molecule has 0 unspecified atom stereocenters. The average Bonchev–Trinajstić information content (AvgIpc) is 2.59. The van der Waals surface area contributed by atoms with Crippen LogP contribution in [0.2, 0.25) is 0 Å². The summed E-state index contributed by atoms with van der Waals surface area (Å²) in [5, 5.41) is 7.00. The van der Waals surface area contributed by atoms with Gasteiger partial charge in [0.1, 0.15) is 0 Å². The van der Waals surface area contributed by atoms with Crippen molar-refractivity contribution in [2.45, 2.75) is 117 Å². The molecule has 0 fully saturated rings. The lowest BCUT2D eigenvalue weighted by Gasteiger charge is -2.05. The minimum Gasteiger partial charge on any atom is -0.400 e. The molecule has 23 heavy (non-hydrogen) atoms. The van der Waals surface area contributed by atoms with E-state index in [2.05, 4.69) is 13.8 Å². The normalized spacial score (nSPS) is 10.4. The number of ether oxygens (including phenoxy) is 1. The monoisotopic (exact) mass is 330 g/mol. The predicted octanol–water partition coefficient (Wildman–Crippen LogP) is 6.89. The second-order valence-electron chi connectivity index (χ2n) is 6.56. The molecule has 1 N–H and O–H groups in total. The average molecular weight is 331 g/mol. The summed E-state index contributed by atoms with van der Waals surface area (Å²) in [5.74, 6) is 0. The van der Waals surface area contributed by atoms with Gasteiger partial charge in [-0.3, -0.25) is 0 Å². The first-order valence-corrected chi connectivity index (χ1v) is 10.4. The van der Waals surface area contributed by atoms with Crippen molar-refractivity contribution in [2.24, 2.45) is 0 Å². The lowest BCUT2D eigenvalue weighted by atomic mass is 10.1. The van der Waals surface area contributed by atoms with Gasteiger partial charge in [-0.2, -0.15) is 0 Å². The van der Waals surface area contributed by atoms with Gasteiger partial charge in [-0.05, 0) is 12.8 Å². The molecule has 0 aromatic rings. The van der Waals surface area contributed by atoms with Crippen LogP contribution in [0.25, 0.3) is 0 Å². The molecule has 0 aromatic carbocycles. The maximum Gasteiger partial charge on any atom is 0.0466 e. The van der Waals surface area contributed by atoms with Crippen LogP contribution in [0.3, 0.4) is 0 Å². The molecule has 0 saturated heterocycles. The van der Waals surface area contributed by atoms with E-state index in [4.69, 9.17) is 9.84 Å². The first-order chi connectivity index (χ1) is 11.4. The number of aliphatic hydroxyl groups is 1. The summed E-state index contributed by atoms with van der Waals surface area (Å²) in [6.07, 6.45) is 22.2. The molecule has 0 saturated carbocycles. The summed E-state index contributed by atoms with van der Waals surface area (Å²) >= 11 is 0. The molecule has 0 aliphatic carbocycles. The quantitative estimate of drug-likeness (QED) is 0.277. The van der Waals surface area contributed by atoms with E-state index in [0.29, 0.717) is 0 Å². The van der Waals surface area contributed by atoms with Gasteiger partial charge in [0, 0.05) is 20.3 Å². The number of unbranched alkanes of at least 4 members (excludes halogenated alkanes) is 14. The van der Waals surface area contributed by atoms with Gasteiger partial charge in [0.15, 0.2) is 0 Å². The zero-order valence-electron chi connectivity index (χ0n) is 16.6. The van der Waals surface area contributed by atoms with Crippen LogP contribution < -0.4 is 0 Å². The van der Waals surface area contributed by atoms with Crippen molar-refractivity contribution in [2.75, 3.05) is 20.3 Å². The smallest absolute Gasteiger partial charge is 0.0466 e. The zero-order chi connectivity index (χ0) is 17.4. The third kappa shape index (κ3) is 27.1. The Morgan fingerprint density at radius 1 is 0.435 bits per heavy atom. The van der Waals surface area contributed by atoms with Gasteiger partial charge in [-0.25, -0.2) is 0 Å². The summed E-state index contributed by atoms with van der Waals surface area (Å²) in [4.78, 5) is 0. The molecule has 0 atom stereocenters. The highest BCUT2D eigenvalue weighted by Crippen LogP contribution is 2.10. The minimum absolute atomic E-state index is 0.992. The summed E-state index contributed by atoms with van der Waals surface area (Å²) in [6.45, 7) is 6.55. The van der Waals surface area contributed by atoms with Crippen LogP contribution in [0.4, 0.5) is 0 Å². The van der Waals surface area contributed by atoms with Gasteiger partial charge < -0.3 is 9.84 Å². The molecule has 0 aromatic heterocycles. The minimum atomic E-state index is 0.992. The fourth-order valence-electron chi connectivity index (χ4n) is 2.78. The van der Waals surface area contributed by atoms with Gasteiger partial charge in [-0.15, -0.1) is 0 Å². The molecule has 0 heterocycles. The highest BCUT2D eigenvalue weighted by atomic mass is 16.5. The molecule has 0 spiro atoms. The fraction of sp³-hybridized carbons (Fsp3) is 1.00. The molecule has 0 amide bonds. The van der Waals surface area contributed by atoms with Crippen molar-refractivity contribution in [3.63, 3.8) is 0 Å². The summed E-state index contributed by atoms with van der Waals surface area (Å²) in [7, 11) is 1.00. The van der Waals surface area contributed by atoms with Gasteiger partial charge in [0.05, 0.1) is 0 Å². The zero-order valence-corrected chi connectivity index (χ0v) is 16.6. The molecule has 2 heteroatoms. The van der Waals surface area contributed by atoms with Crippen LogP contribution in [0.15, 0.2) is 0 Å². The Morgan fingerprint density at radius 3 is 1.00 bits per heavy atom. The second kappa shape index (κ2) is 26.8. The van der Waals surface area contributed by atoms with Crippen molar-refractivity contribution in [1.82, 2.24) is 0 Å². The summed E-state index contributed by atoms with van der Waals surface area (Å²) in [6, 6.07) is 0. The van der Waals surface area contributed by atoms with Crippen LogP contribution in [0.5, 0.6) is 0 Å². The molecule has 2 nitrogen and oxygen atoms in total. The van der Waals surface area contributed by atoms with Gasteiger partial charge >= 0.3 is 0 Å². The SMILES string of the molecule is CCCCCCCCCCOCCCCCCCCCC.CO. The summed E-state index contributed by atoms with van der Waals surface area (Å²) < 4.78 is 5.72. The van der Waals surface area contributed by atoms with Crippen LogP contribution in [-0.2, 0) is 4.74 Å². The standard InChI is InChI=1S/C20H42O.CH4O/c1-3-5-7-9-11-13-15-17-19-21-20-18-16-14-12-10-8-6-4-2;1-2/h3-20H2,1-2H3;2H,1H3. The van der Waals surface area contributed by atoms with E-state index in [1.165, 1.54) is 103 Å². The first kappa shape index (κ1) is 25.2. The highest BCUT2D eigenvalue weighted by Gasteiger charge is 1.94. The van der Waals surface area contributed by atoms with Crippen molar-refractivity contribution < 1.29 is 9.84 Å². The van der Waals surface area contributed by atoms with Crippen LogP contribution >= 0.6 is 0 Å². The maximum atomic E-state index is 7.00.